The zero-order valence-electron chi connectivity index (χ0n) is 28.4. The third kappa shape index (κ3) is 5.53. The molecule has 9 rings (SSSR count). The molecule has 6 heterocycles. The van der Waals surface area contributed by atoms with Gasteiger partial charge in [-0.25, -0.2) is 23.8 Å². The summed E-state index contributed by atoms with van der Waals surface area (Å²) >= 11 is 0. The third-order valence-electron chi connectivity index (χ3n) is 11.9. The van der Waals surface area contributed by atoms with Crippen LogP contribution in [0.3, 0.4) is 0 Å². The number of fused-ring (bicyclic) bond motifs is 6. The highest BCUT2D eigenvalue weighted by Gasteiger charge is 2.46. The van der Waals surface area contributed by atoms with Gasteiger partial charge in [-0.15, -0.1) is 6.42 Å². The number of piperazine rings is 1. The Morgan fingerprint density at radius 1 is 1.04 bits per heavy atom. The molecule has 0 radical (unpaired) electrons. The Kier molecular flexibility index (Phi) is 7.56. The summed E-state index contributed by atoms with van der Waals surface area (Å²) in [6, 6.07) is 9.67. The first-order valence-electron chi connectivity index (χ1n) is 17.9. The largest absolute Gasteiger partial charge is 0.463 e. The van der Waals surface area contributed by atoms with Crippen molar-refractivity contribution in [2.75, 3.05) is 61.7 Å². The fraction of sp³-hybridized carbons (Fsp3) is 0.513. The zero-order chi connectivity index (χ0) is 33.5. The molecule has 4 fully saturated rings. The molecular weight excluding hydrogens is 639 g/mol. The van der Waals surface area contributed by atoms with Crippen molar-refractivity contribution in [1.29, 1.82) is 0 Å². The van der Waals surface area contributed by atoms with Gasteiger partial charge in [-0.3, -0.25) is 0 Å². The topological polar surface area (TPSA) is 66.4 Å². The van der Waals surface area contributed by atoms with Gasteiger partial charge in [-0.05, 0) is 87.0 Å². The van der Waals surface area contributed by atoms with Crippen molar-refractivity contribution >= 4 is 37.5 Å². The maximum absolute atomic E-state index is 17.1. The Bertz CT molecular complexity index is 2030. The molecule has 2 bridgehead atoms. The summed E-state index contributed by atoms with van der Waals surface area (Å²) in [5.74, 6) is 4.80. The van der Waals surface area contributed by atoms with E-state index in [0.717, 1.165) is 75.2 Å². The van der Waals surface area contributed by atoms with Crippen LogP contribution in [0.4, 0.5) is 14.6 Å². The molecule has 4 aromatic rings. The van der Waals surface area contributed by atoms with E-state index in [1.165, 1.54) is 24.0 Å². The van der Waals surface area contributed by atoms with Gasteiger partial charge >= 0.3 is 6.01 Å². The van der Waals surface area contributed by atoms with E-state index < -0.39 is 21.7 Å². The number of hydrogen-bond donors (Lipinski definition) is 1. The summed E-state index contributed by atoms with van der Waals surface area (Å²) in [6.45, 7) is 4.64. The molecule has 7 nitrogen and oxygen atoms in total. The number of anilines is 1. The Balaban J connectivity index is 1.14. The van der Waals surface area contributed by atoms with Gasteiger partial charge in [0.15, 0.2) is 5.82 Å². The van der Waals surface area contributed by atoms with Crippen LogP contribution in [0, 0.1) is 29.4 Å². The summed E-state index contributed by atoms with van der Waals surface area (Å²) in [7, 11) is -0.503. The molecule has 5 aliphatic rings. The van der Waals surface area contributed by atoms with Gasteiger partial charge < -0.3 is 19.9 Å². The molecule has 4 aliphatic heterocycles. The lowest BCUT2D eigenvalue weighted by molar-refractivity contribution is 0.160. The van der Waals surface area contributed by atoms with E-state index in [-0.39, 0.29) is 34.2 Å². The van der Waals surface area contributed by atoms with E-state index in [0.29, 0.717) is 41.4 Å². The first-order chi connectivity index (χ1) is 23.7. The molecule has 256 valence electrons. The molecule has 49 heavy (non-hydrogen) atoms. The number of rotatable bonds is 6. The van der Waals surface area contributed by atoms with Crippen LogP contribution in [0.1, 0.15) is 49.8 Å². The average Bonchev–Trinajstić information content (AvgIpc) is 3.82. The van der Waals surface area contributed by atoms with Gasteiger partial charge in [-0.2, -0.15) is 9.97 Å². The Labute approximate surface area is 288 Å². The van der Waals surface area contributed by atoms with Crippen LogP contribution >= 0.6 is 10.0 Å². The Morgan fingerprint density at radius 2 is 1.92 bits per heavy atom. The average molecular weight is 683 g/mol. The van der Waals surface area contributed by atoms with E-state index in [1.54, 1.807) is 12.1 Å². The van der Waals surface area contributed by atoms with Gasteiger partial charge in [0.25, 0.3) is 0 Å². The van der Waals surface area contributed by atoms with Crippen LogP contribution in [0.5, 0.6) is 6.01 Å². The van der Waals surface area contributed by atoms with Gasteiger partial charge in [0.1, 0.15) is 22.8 Å². The number of ether oxygens (including phenoxy) is 1. The van der Waals surface area contributed by atoms with Gasteiger partial charge in [0.2, 0.25) is 0 Å². The second-order valence-electron chi connectivity index (χ2n) is 15.6. The quantitative estimate of drug-likeness (QED) is 0.240. The van der Waals surface area contributed by atoms with Crippen molar-refractivity contribution < 1.29 is 13.5 Å². The monoisotopic (exact) mass is 682 g/mol. The molecule has 3 atom stereocenters. The molecule has 2 aromatic carbocycles. The minimum Gasteiger partial charge on any atom is -0.463 e. The Hall–Kier alpha value is -3.52. The summed E-state index contributed by atoms with van der Waals surface area (Å²) < 4.78 is 38.7. The molecule has 1 saturated carbocycles. The van der Waals surface area contributed by atoms with E-state index in [2.05, 4.69) is 33.5 Å². The summed E-state index contributed by atoms with van der Waals surface area (Å²) in [5, 5.41) is 5.69. The number of pyridine rings is 1. The number of terminal acetylenes is 1. The van der Waals surface area contributed by atoms with E-state index in [1.807, 2.05) is 12.1 Å². The molecule has 10 heteroatoms. The number of nitrogens with zero attached hydrogens (tertiary/aromatic N) is 5. The molecule has 0 unspecified atom stereocenters. The predicted octanol–water partition coefficient (Wildman–Crippen LogP) is 6.29. The van der Waals surface area contributed by atoms with Crippen LogP contribution in [0.25, 0.3) is 32.9 Å². The fourth-order valence-electron chi connectivity index (χ4n) is 8.95. The SMILES string of the molecule is C#Cc1c(F)ccc2cccc(-c3nc4c5c(nc(OCC6(CN7CCCS(C)(C)CC7)CC6)nc5c3F)N3C[C@H]5CC[C@H](N5)[C@@H]3CC4)c12. The lowest BCUT2D eigenvalue weighted by Crippen LogP contribution is -2.58. The normalized spacial score (nSPS) is 26.1. The van der Waals surface area contributed by atoms with Crippen molar-refractivity contribution in [3.8, 4) is 29.6 Å². The Morgan fingerprint density at radius 3 is 2.76 bits per heavy atom. The molecule has 2 aromatic heterocycles. The van der Waals surface area contributed by atoms with Gasteiger partial charge in [0.05, 0.1) is 23.3 Å². The molecule has 0 amide bonds. The molecule has 1 aliphatic carbocycles. The minimum atomic E-state index is -0.556. The summed E-state index contributed by atoms with van der Waals surface area (Å²) in [5.41, 5.74) is 1.76. The van der Waals surface area contributed by atoms with Crippen molar-refractivity contribution in [1.82, 2.24) is 25.2 Å². The van der Waals surface area contributed by atoms with E-state index in [4.69, 9.17) is 26.1 Å². The predicted molar refractivity (Wildman–Crippen MR) is 195 cm³/mol. The van der Waals surface area contributed by atoms with Crippen LogP contribution < -0.4 is 15.0 Å². The van der Waals surface area contributed by atoms with Crippen molar-refractivity contribution in [3.05, 3.63) is 53.2 Å². The maximum Gasteiger partial charge on any atom is 0.319 e. The number of hydrogen-bond acceptors (Lipinski definition) is 7. The molecule has 3 saturated heterocycles. The van der Waals surface area contributed by atoms with Gasteiger partial charge in [0, 0.05) is 54.1 Å². The number of aryl methyl sites for hydroxylation is 1. The zero-order valence-corrected chi connectivity index (χ0v) is 29.2. The fourth-order valence-corrected chi connectivity index (χ4v) is 10.8. The van der Waals surface area contributed by atoms with Crippen LogP contribution in [-0.4, -0.2) is 94.8 Å². The van der Waals surface area contributed by atoms with Gasteiger partial charge in [-0.1, -0.05) is 30.2 Å². The minimum absolute atomic E-state index is 0.0820. The smallest absolute Gasteiger partial charge is 0.319 e. The standard InChI is InChI=1S/C39H44F2N6OS/c1-4-26-28(40)11-9-24-7-5-8-27(32(24)26)35-34(41)36-33-30(43-35)13-14-31-29-12-10-25(42-29)21-47(31)37(33)45-38(44-36)48-23-39(15-16-39)22-46-17-6-19-49(2,3)20-18-46/h1,5,7-9,11,25,29,31,42H,6,10,12-23H2,2-3H3/t25-,29+,31+/m1/s1. The van der Waals surface area contributed by atoms with Crippen molar-refractivity contribution in [2.24, 2.45) is 5.41 Å². The first kappa shape index (κ1) is 31.5. The number of nitrogens with one attached hydrogen (secondary N) is 1. The van der Waals surface area contributed by atoms with Crippen LogP contribution in [0.15, 0.2) is 30.3 Å². The van der Waals surface area contributed by atoms with Crippen LogP contribution in [0.2, 0.25) is 0 Å². The van der Waals surface area contributed by atoms with E-state index in [9.17, 15) is 0 Å². The summed E-state index contributed by atoms with van der Waals surface area (Å²) in [6.07, 6.45) is 18.0. The highest BCUT2D eigenvalue weighted by Crippen LogP contribution is 2.49. The molecule has 0 spiro atoms. The number of aromatic nitrogens is 3. The van der Waals surface area contributed by atoms with Crippen molar-refractivity contribution in [3.63, 3.8) is 0 Å². The number of benzene rings is 2. The first-order valence-corrected chi connectivity index (χ1v) is 20.6. The highest BCUT2D eigenvalue weighted by molar-refractivity contribution is 8.32. The highest BCUT2D eigenvalue weighted by atomic mass is 32.3. The third-order valence-corrected chi connectivity index (χ3v) is 14.6. The molecular formula is C39H44F2N6OS. The van der Waals surface area contributed by atoms with Crippen LogP contribution in [-0.2, 0) is 6.42 Å². The second kappa shape index (κ2) is 11.8. The second-order valence-corrected chi connectivity index (χ2v) is 20.0. The maximum atomic E-state index is 17.1. The molecule has 1 N–H and O–H groups in total. The summed E-state index contributed by atoms with van der Waals surface area (Å²) in [4.78, 5) is 19.9. The number of halogens is 2. The lowest BCUT2D eigenvalue weighted by Gasteiger charge is -2.41. The van der Waals surface area contributed by atoms with Crippen molar-refractivity contribution in [2.45, 2.75) is 63.1 Å². The van der Waals surface area contributed by atoms with E-state index >= 15 is 8.78 Å². The lowest BCUT2D eigenvalue weighted by atomic mass is 9.95.